The zero-order valence-corrected chi connectivity index (χ0v) is 11.9. The second-order valence-corrected chi connectivity index (χ2v) is 5.66. The van der Waals surface area contributed by atoms with Crippen molar-refractivity contribution < 1.29 is 5.11 Å². The van der Waals surface area contributed by atoms with Crippen molar-refractivity contribution in [3.63, 3.8) is 0 Å². The average Bonchev–Trinajstić information content (AvgIpc) is 3.20. The first-order valence-corrected chi connectivity index (χ1v) is 7.79. The number of unbranched alkanes of at least 4 members (excludes halogenated alkanes) is 4. The fraction of sp³-hybridized carbons (Fsp3) is 0.647. The Kier molecular flexibility index (Phi) is 6.38. The van der Waals surface area contributed by atoms with Gasteiger partial charge in [0.25, 0.3) is 0 Å². The van der Waals surface area contributed by atoms with Crippen LogP contribution in [0.3, 0.4) is 0 Å². The maximum atomic E-state index is 8.70. The number of rotatable bonds is 10. The van der Waals surface area contributed by atoms with Gasteiger partial charge in [-0.15, -0.1) is 0 Å². The van der Waals surface area contributed by atoms with Crippen molar-refractivity contribution in [1.82, 2.24) is 4.90 Å². The summed E-state index contributed by atoms with van der Waals surface area (Å²) in [5, 5.41) is 8.70. The van der Waals surface area contributed by atoms with E-state index in [2.05, 4.69) is 35.2 Å². The molecule has 2 rings (SSSR count). The number of benzene rings is 1. The molecule has 0 aromatic heterocycles. The van der Waals surface area contributed by atoms with Gasteiger partial charge in [-0.05, 0) is 24.8 Å². The van der Waals surface area contributed by atoms with Crippen molar-refractivity contribution in [2.24, 2.45) is 0 Å². The Hall–Kier alpha value is -0.860. The van der Waals surface area contributed by atoms with Gasteiger partial charge < -0.3 is 5.11 Å². The summed E-state index contributed by atoms with van der Waals surface area (Å²) in [5.74, 6) is 0. The molecule has 0 spiro atoms. The minimum Gasteiger partial charge on any atom is -0.396 e. The molecule has 1 aliphatic heterocycles. The van der Waals surface area contributed by atoms with Gasteiger partial charge in [0.2, 0.25) is 0 Å². The largest absolute Gasteiger partial charge is 0.396 e. The first-order chi connectivity index (χ1) is 9.40. The first-order valence-electron chi connectivity index (χ1n) is 7.79. The molecule has 1 saturated heterocycles. The van der Waals surface area contributed by atoms with E-state index in [9.17, 15) is 0 Å². The smallest absolute Gasteiger partial charge is 0.0431 e. The lowest BCUT2D eigenvalue weighted by Gasteiger charge is -2.04. The highest BCUT2D eigenvalue weighted by atomic mass is 16.2. The number of aliphatic hydroxyl groups is 1. The average molecular weight is 261 g/mol. The molecular formula is C17H27NO. The molecule has 1 heterocycles. The van der Waals surface area contributed by atoms with Gasteiger partial charge in [0.05, 0.1) is 0 Å². The molecule has 1 fully saturated rings. The summed E-state index contributed by atoms with van der Waals surface area (Å²) in [6.45, 7) is 2.89. The molecule has 2 atom stereocenters. The Morgan fingerprint density at radius 2 is 1.74 bits per heavy atom. The third-order valence-electron chi connectivity index (χ3n) is 4.05. The van der Waals surface area contributed by atoms with E-state index in [-0.39, 0.29) is 0 Å². The van der Waals surface area contributed by atoms with Gasteiger partial charge in [0, 0.05) is 25.7 Å². The lowest BCUT2D eigenvalue weighted by atomic mass is 10.1. The molecule has 1 aliphatic rings. The van der Waals surface area contributed by atoms with Crippen molar-refractivity contribution in [2.45, 2.75) is 51.0 Å². The third kappa shape index (κ3) is 5.75. The molecule has 0 amide bonds. The van der Waals surface area contributed by atoms with Crippen LogP contribution in [0.5, 0.6) is 0 Å². The fourth-order valence-electron chi connectivity index (χ4n) is 2.71. The van der Waals surface area contributed by atoms with Crippen LogP contribution >= 0.6 is 0 Å². The van der Waals surface area contributed by atoms with Crippen molar-refractivity contribution in [3.05, 3.63) is 35.9 Å². The Balaban J connectivity index is 1.46. The maximum Gasteiger partial charge on any atom is 0.0431 e. The molecule has 2 unspecified atom stereocenters. The van der Waals surface area contributed by atoms with Gasteiger partial charge >= 0.3 is 0 Å². The van der Waals surface area contributed by atoms with E-state index in [1.165, 1.54) is 57.2 Å². The molecule has 1 aromatic carbocycles. The highest BCUT2D eigenvalue weighted by Gasteiger charge is 2.31. The topological polar surface area (TPSA) is 23.2 Å². The minimum atomic E-state index is 0.357. The van der Waals surface area contributed by atoms with Crippen LogP contribution in [0.2, 0.25) is 0 Å². The van der Waals surface area contributed by atoms with Crippen LogP contribution in [-0.4, -0.2) is 35.7 Å². The van der Waals surface area contributed by atoms with E-state index in [1.807, 2.05) is 0 Å². The first kappa shape index (κ1) is 14.5. The Labute approximate surface area is 117 Å². The van der Waals surface area contributed by atoms with Crippen molar-refractivity contribution in [3.8, 4) is 0 Å². The molecule has 2 nitrogen and oxygen atoms in total. The Morgan fingerprint density at radius 3 is 2.53 bits per heavy atom. The lowest BCUT2D eigenvalue weighted by Crippen LogP contribution is -2.07. The summed E-state index contributed by atoms with van der Waals surface area (Å²) >= 11 is 0. The van der Waals surface area contributed by atoms with E-state index in [1.54, 1.807) is 0 Å². The van der Waals surface area contributed by atoms with E-state index < -0.39 is 0 Å². The highest BCUT2D eigenvalue weighted by Crippen LogP contribution is 2.23. The molecule has 1 N–H and O–H groups in total. The van der Waals surface area contributed by atoms with E-state index >= 15 is 0 Å². The molecule has 0 radical (unpaired) electrons. The summed E-state index contributed by atoms with van der Waals surface area (Å²) < 4.78 is 0. The Bertz CT molecular complexity index is 338. The van der Waals surface area contributed by atoms with Crippen molar-refractivity contribution in [1.29, 1.82) is 0 Å². The van der Waals surface area contributed by atoms with Crippen LogP contribution in [0.15, 0.2) is 30.3 Å². The predicted octanol–water partition coefficient (Wildman–Crippen LogP) is 3.25. The minimum absolute atomic E-state index is 0.357. The molecular weight excluding hydrogens is 234 g/mol. The lowest BCUT2D eigenvalue weighted by molar-refractivity contribution is 0.282. The predicted molar refractivity (Wildman–Crippen MR) is 80.3 cm³/mol. The zero-order valence-electron chi connectivity index (χ0n) is 11.9. The normalized spacial score (nSPS) is 21.5. The van der Waals surface area contributed by atoms with Crippen LogP contribution in [0.1, 0.15) is 44.1 Å². The van der Waals surface area contributed by atoms with Crippen LogP contribution in [0, 0.1) is 0 Å². The van der Waals surface area contributed by atoms with Crippen LogP contribution < -0.4 is 0 Å². The highest BCUT2D eigenvalue weighted by molar-refractivity contribution is 5.15. The summed E-state index contributed by atoms with van der Waals surface area (Å²) in [5.41, 5.74) is 1.46. The number of hydrogen-bond acceptors (Lipinski definition) is 2. The SMILES string of the molecule is OCCCCCCCC1CN1CCc1ccccc1. The van der Waals surface area contributed by atoms with Crippen molar-refractivity contribution >= 4 is 0 Å². The van der Waals surface area contributed by atoms with E-state index in [0.29, 0.717) is 6.61 Å². The quantitative estimate of drug-likeness (QED) is 0.516. The molecule has 0 bridgehead atoms. The Morgan fingerprint density at radius 1 is 1.00 bits per heavy atom. The number of aliphatic hydroxyl groups excluding tert-OH is 1. The summed E-state index contributed by atoms with van der Waals surface area (Å²) in [6, 6.07) is 11.6. The number of hydrogen-bond donors (Lipinski definition) is 1. The maximum absolute atomic E-state index is 8.70. The zero-order chi connectivity index (χ0) is 13.3. The van der Waals surface area contributed by atoms with E-state index in [0.717, 1.165) is 12.5 Å². The molecule has 106 valence electrons. The monoisotopic (exact) mass is 261 g/mol. The summed E-state index contributed by atoms with van der Waals surface area (Å²) in [7, 11) is 0. The summed E-state index contributed by atoms with van der Waals surface area (Å²) in [4.78, 5) is 2.60. The van der Waals surface area contributed by atoms with E-state index in [4.69, 9.17) is 5.11 Å². The van der Waals surface area contributed by atoms with Gasteiger partial charge in [-0.2, -0.15) is 0 Å². The molecule has 2 heteroatoms. The molecule has 0 aliphatic carbocycles. The third-order valence-corrected chi connectivity index (χ3v) is 4.05. The van der Waals surface area contributed by atoms with Crippen LogP contribution in [-0.2, 0) is 6.42 Å². The molecule has 19 heavy (non-hydrogen) atoms. The van der Waals surface area contributed by atoms with Gasteiger partial charge in [0.15, 0.2) is 0 Å². The van der Waals surface area contributed by atoms with Gasteiger partial charge in [-0.1, -0.05) is 56.0 Å². The second-order valence-electron chi connectivity index (χ2n) is 5.66. The second kappa shape index (κ2) is 8.34. The number of nitrogens with zero attached hydrogens (tertiary/aromatic N) is 1. The van der Waals surface area contributed by atoms with Gasteiger partial charge in [0.1, 0.15) is 0 Å². The van der Waals surface area contributed by atoms with Crippen LogP contribution in [0.4, 0.5) is 0 Å². The summed E-state index contributed by atoms with van der Waals surface area (Å²) in [6.07, 6.45) is 8.71. The molecule has 1 aromatic rings. The fourth-order valence-corrected chi connectivity index (χ4v) is 2.71. The van der Waals surface area contributed by atoms with Crippen molar-refractivity contribution in [2.75, 3.05) is 19.7 Å². The standard InChI is InChI=1S/C17H27NO/c19-14-8-3-1-2-7-11-17-15-18(17)13-12-16-9-5-4-6-10-16/h4-6,9-10,17,19H,1-3,7-8,11-15H2. The van der Waals surface area contributed by atoms with Gasteiger partial charge in [-0.3, -0.25) is 4.90 Å². The van der Waals surface area contributed by atoms with Gasteiger partial charge in [-0.25, -0.2) is 0 Å². The van der Waals surface area contributed by atoms with Crippen LogP contribution in [0.25, 0.3) is 0 Å². The molecule has 0 saturated carbocycles.